The fourth-order valence-electron chi connectivity index (χ4n) is 2.21. The van der Waals surface area contributed by atoms with Gasteiger partial charge in [-0.3, -0.25) is 14.5 Å². The van der Waals surface area contributed by atoms with E-state index in [1.165, 1.54) is 12.1 Å². The molecular formula is C17H13FN2O2S. The fraction of sp³-hybridized carbons (Fsp3) is 0.0588. The summed E-state index contributed by atoms with van der Waals surface area (Å²) >= 11 is 0.889. The molecule has 0 spiro atoms. The van der Waals surface area contributed by atoms with Crippen molar-refractivity contribution in [2.45, 2.75) is 6.54 Å². The SMILES string of the molecule is Nc1cccc(/C=C2\SC(=O)N(Cc3ccc(F)cc3)C2=O)c1. The molecule has 23 heavy (non-hydrogen) atoms. The minimum absolute atomic E-state index is 0.124. The number of rotatable bonds is 3. The Morgan fingerprint density at radius 2 is 1.87 bits per heavy atom. The number of nitrogens with zero attached hydrogens (tertiary/aromatic N) is 1. The number of carbonyl (C=O) groups is 2. The molecule has 116 valence electrons. The third-order valence-corrected chi connectivity index (χ3v) is 4.24. The van der Waals surface area contributed by atoms with Gasteiger partial charge in [0, 0.05) is 5.69 Å². The second kappa shape index (κ2) is 6.26. The molecule has 6 heteroatoms. The number of thioether (sulfide) groups is 1. The van der Waals surface area contributed by atoms with Gasteiger partial charge in [0.05, 0.1) is 11.4 Å². The minimum atomic E-state index is -0.357. The van der Waals surface area contributed by atoms with Crippen LogP contribution in [0.5, 0.6) is 0 Å². The summed E-state index contributed by atoms with van der Waals surface area (Å²) in [5.74, 6) is -0.712. The predicted molar refractivity (Wildman–Crippen MR) is 88.8 cm³/mol. The molecule has 0 radical (unpaired) electrons. The molecule has 1 heterocycles. The number of carbonyl (C=O) groups excluding carboxylic acids is 2. The Labute approximate surface area is 136 Å². The molecule has 1 aliphatic rings. The standard InChI is InChI=1S/C17H13FN2O2S/c18-13-6-4-11(5-7-13)10-20-16(21)15(23-17(20)22)9-12-2-1-3-14(19)8-12/h1-9H,10,19H2/b15-9-. The zero-order chi connectivity index (χ0) is 16.4. The second-order valence-corrected chi connectivity index (χ2v) is 6.06. The lowest BCUT2D eigenvalue weighted by molar-refractivity contribution is -0.123. The van der Waals surface area contributed by atoms with Crippen LogP contribution in [0.3, 0.4) is 0 Å². The Bertz CT molecular complexity index is 802. The molecule has 0 atom stereocenters. The first-order chi connectivity index (χ1) is 11.0. The Morgan fingerprint density at radius 1 is 1.13 bits per heavy atom. The molecule has 2 N–H and O–H groups in total. The van der Waals surface area contributed by atoms with Crippen LogP contribution in [-0.4, -0.2) is 16.0 Å². The predicted octanol–water partition coefficient (Wildman–Crippen LogP) is 3.64. The lowest BCUT2D eigenvalue weighted by Crippen LogP contribution is -2.27. The van der Waals surface area contributed by atoms with E-state index in [9.17, 15) is 14.0 Å². The van der Waals surface area contributed by atoms with Crippen molar-refractivity contribution in [3.63, 3.8) is 0 Å². The summed E-state index contributed by atoms with van der Waals surface area (Å²) in [6, 6.07) is 12.8. The van der Waals surface area contributed by atoms with Crippen molar-refractivity contribution in [1.82, 2.24) is 4.90 Å². The summed E-state index contributed by atoms with van der Waals surface area (Å²) in [5, 5.41) is -0.338. The third-order valence-electron chi connectivity index (χ3n) is 3.34. The molecule has 0 saturated carbocycles. The average molecular weight is 328 g/mol. The van der Waals surface area contributed by atoms with Crippen LogP contribution < -0.4 is 5.73 Å². The second-order valence-electron chi connectivity index (χ2n) is 5.06. The Hall–Kier alpha value is -2.60. The summed E-state index contributed by atoms with van der Waals surface area (Å²) in [6.45, 7) is 0.124. The van der Waals surface area contributed by atoms with E-state index in [1.807, 2.05) is 6.07 Å². The van der Waals surface area contributed by atoms with Gasteiger partial charge in [0.2, 0.25) is 0 Å². The smallest absolute Gasteiger partial charge is 0.293 e. The van der Waals surface area contributed by atoms with E-state index < -0.39 is 0 Å². The summed E-state index contributed by atoms with van der Waals surface area (Å²) < 4.78 is 12.9. The van der Waals surface area contributed by atoms with Crippen molar-refractivity contribution in [2.24, 2.45) is 0 Å². The van der Waals surface area contributed by atoms with Gasteiger partial charge in [0.15, 0.2) is 0 Å². The topological polar surface area (TPSA) is 63.4 Å². The summed E-state index contributed by atoms with van der Waals surface area (Å²) in [7, 11) is 0. The van der Waals surface area contributed by atoms with E-state index in [4.69, 9.17) is 5.73 Å². The van der Waals surface area contributed by atoms with Crippen LogP contribution in [0.2, 0.25) is 0 Å². The van der Waals surface area contributed by atoms with Gasteiger partial charge in [0.1, 0.15) is 5.82 Å². The van der Waals surface area contributed by atoms with Gasteiger partial charge in [0.25, 0.3) is 11.1 Å². The van der Waals surface area contributed by atoms with Crippen molar-refractivity contribution in [2.75, 3.05) is 5.73 Å². The van der Waals surface area contributed by atoms with E-state index in [2.05, 4.69) is 0 Å². The van der Waals surface area contributed by atoms with Gasteiger partial charge < -0.3 is 5.73 Å². The largest absolute Gasteiger partial charge is 0.399 e. The zero-order valence-corrected chi connectivity index (χ0v) is 12.8. The van der Waals surface area contributed by atoms with Crippen molar-refractivity contribution >= 4 is 34.7 Å². The molecule has 4 nitrogen and oxygen atoms in total. The maximum absolute atomic E-state index is 12.9. The van der Waals surface area contributed by atoms with Gasteiger partial charge in [-0.1, -0.05) is 24.3 Å². The third kappa shape index (κ3) is 3.43. The van der Waals surface area contributed by atoms with E-state index >= 15 is 0 Å². The van der Waals surface area contributed by atoms with Crippen LogP contribution in [0.4, 0.5) is 14.9 Å². The summed E-state index contributed by atoms with van der Waals surface area (Å²) in [4.78, 5) is 25.9. The number of halogens is 1. The van der Waals surface area contributed by atoms with E-state index in [0.717, 1.165) is 22.2 Å². The number of amides is 2. The summed E-state index contributed by atoms with van der Waals surface area (Å²) in [6.07, 6.45) is 1.64. The summed E-state index contributed by atoms with van der Waals surface area (Å²) in [5.41, 5.74) is 7.75. The molecule has 0 bridgehead atoms. The monoisotopic (exact) mass is 328 g/mol. The van der Waals surface area contributed by atoms with Gasteiger partial charge in [-0.2, -0.15) is 0 Å². The van der Waals surface area contributed by atoms with Crippen LogP contribution in [0.25, 0.3) is 6.08 Å². The number of benzene rings is 2. The molecule has 1 aliphatic heterocycles. The van der Waals surface area contributed by atoms with Crippen LogP contribution in [0.1, 0.15) is 11.1 Å². The lowest BCUT2D eigenvalue weighted by Gasteiger charge is -2.12. The quantitative estimate of drug-likeness (QED) is 0.690. The highest BCUT2D eigenvalue weighted by molar-refractivity contribution is 8.18. The molecule has 0 aromatic heterocycles. The first-order valence-electron chi connectivity index (χ1n) is 6.88. The molecule has 0 aliphatic carbocycles. The maximum atomic E-state index is 12.9. The van der Waals surface area contributed by atoms with Crippen LogP contribution in [-0.2, 0) is 11.3 Å². The number of imide groups is 1. The number of anilines is 1. The van der Waals surface area contributed by atoms with Gasteiger partial charge in [-0.05, 0) is 53.2 Å². The zero-order valence-electron chi connectivity index (χ0n) is 12.0. The Morgan fingerprint density at radius 3 is 2.57 bits per heavy atom. The number of hydrogen-bond acceptors (Lipinski definition) is 4. The normalized spacial score (nSPS) is 16.4. The first kappa shape index (κ1) is 15.3. The minimum Gasteiger partial charge on any atom is -0.399 e. The molecule has 2 amide bonds. The lowest BCUT2D eigenvalue weighted by atomic mass is 10.2. The highest BCUT2D eigenvalue weighted by Gasteiger charge is 2.34. The average Bonchev–Trinajstić information content (AvgIpc) is 2.77. The molecule has 3 rings (SSSR count). The first-order valence-corrected chi connectivity index (χ1v) is 7.70. The molecular weight excluding hydrogens is 315 g/mol. The van der Waals surface area contributed by atoms with Crippen LogP contribution in [0.15, 0.2) is 53.4 Å². The van der Waals surface area contributed by atoms with Gasteiger partial charge in [-0.25, -0.2) is 4.39 Å². The molecule has 2 aromatic carbocycles. The van der Waals surface area contributed by atoms with Crippen molar-refractivity contribution < 1.29 is 14.0 Å². The highest BCUT2D eigenvalue weighted by Crippen LogP contribution is 2.33. The van der Waals surface area contributed by atoms with Crippen molar-refractivity contribution in [3.8, 4) is 0 Å². The Balaban J connectivity index is 1.81. The van der Waals surface area contributed by atoms with E-state index in [0.29, 0.717) is 16.2 Å². The van der Waals surface area contributed by atoms with Crippen LogP contribution >= 0.6 is 11.8 Å². The number of nitrogen functional groups attached to an aromatic ring is 1. The number of hydrogen-bond donors (Lipinski definition) is 1. The fourth-order valence-corrected chi connectivity index (χ4v) is 3.05. The van der Waals surface area contributed by atoms with Gasteiger partial charge >= 0.3 is 0 Å². The van der Waals surface area contributed by atoms with Crippen LogP contribution in [0, 0.1) is 5.82 Å². The Kier molecular flexibility index (Phi) is 4.16. The van der Waals surface area contributed by atoms with E-state index in [-0.39, 0.29) is 23.5 Å². The highest BCUT2D eigenvalue weighted by atomic mass is 32.2. The molecule has 0 unspecified atom stereocenters. The number of nitrogens with two attached hydrogens (primary N) is 1. The van der Waals surface area contributed by atoms with Crippen molar-refractivity contribution in [3.05, 3.63) is 70.4 Å². The molecule has 1 fully saturated rings. The molecule has 1 saturated heterocycles. The molecule has 2 aromatic rings. The van der Waals surface area contributed by atoms with E-state index in [1.54, 1.807) is 36.4 Å². The maximum Gasteiger partial charge on any atom is 0.293 e. The van der Waals surface area contributed by atoms with Crippen molar-refractivity contribution in [1.29, 1.82) is 0 Å². The van der Waals surface area contributed by atoms with Gasteiger partial charge in [-0.15, -0.1) is 0 Å².